The van der Waals surface area contributed by atoms with E-state index in [-0.39, 0.29) is 23.9 Å². The standard InChI is InChI=1S/C27H30F3N3O5/c1-32(26(35)36)15-24(34)33-10-8-16(9-11-33)17-4-6-21-19(12-17)20(14-27(28,29)30)25(31-21)18-5-7-22(37-2)23(13-18)38-3/h4-7,12-13,16,31H,8-11,14-15H2,1-3H3,(H,35,36). The molecule has 0 bridgehead atoms. The van der Waals surface area contributed by atoms with Gasteiger partial charge in [0.1, 0.15) is 6.54 Å². The first-order valence-corrected chi connectivity index (χ1v) is 12.2. The molecule has 1 saturated heterocycles. The number of aromatic nitrogens is 1. The summed E-state index contributed by atoms with van der Waals surface area (Å²) >= 11 is 0. The normalized spacial score (nSPS) is 14.5. The van der Waals surface area contributed by atoms with Gasteiger partial charge in [0, 0.05) is 36.6 Å². The van der Waals surface area contributed by atoms with E-state index in [0.29, 0.717) is 59.6 Å². The number of amides is 2. The van der Waals surface area contributed by atoms with Crippen LogP contribution in [0.5, 0.6) is 11.5 Å². The third-order valence-corrected chi connectivity index (χ3v) is 7.00. The van der Waals surface area contributed by atoms with Crippen LogP contribution >= 0.6 is 0 Å². The van der Waals surface area contributed by atoms with Gasteiger partial charge in [0.25, 0.3) is 0 Å². The maximum atomic E-state index is 13.7. The fourth-order valence-electron chi connectivity index (χ4n) is 4.97. The van der Waals surface area contributed by atoms with E-state index in [1.165, 1.54) is 21.3 Å². The van der Waals surface area contributed by atoms with Crippen molar-refractivity contribution in [1.82, 2.24) is 14.8 Å². The van der Waals surface area contributed by atoms with Crippen LogP contribution in [0.2, 0.25) is 0 Å². The summed E-state index contributed by atoms with van der Waals surface area (Å²) in [5, 5.41) is 9.50. The number of carbonyl (C=O) groups excluding carboxylic acids is 1. The van der Waals surface area contributed by atoms with Gasteiger partial charge >= 0.3 is 12.3 Å². The van der Waals surface area contributed by atoms with Gasteiger partial charge in [-0.2, -0.15) is 13.2 Å². The first-order valence-electron chi connectivity index (χ1n) is 12.2. The molecule has 1 aromatic heterocycles. The number of hydrogen-bond donors (Lipinski definition) is 2. The maximum Gasteiger partial charge on any atom is 0.407 e. The van der Waals surface area contributed by atoms with Gasteiger partial charge in [0.2, 0.25) is 5.91 Å². The Labute approximate surface area is 217 Å². The van der Waals surface area contributed by atoms with Crippen LogP contribution in [0, 0.1) is 0 Å². The molecule has 2 aromatic carbocycles. The molecule has 2 amide bonds. The number of carbonyl (C=O) groups is 2. The number of aromatic amines is 1. The van der Waals surface area contributed by atoms with E-state index in [2.05, 4.69) is 4.98 Å². The molecule has 2 N–H and O–H groups in total. The molecule has 1 aliphatic rings. The van der Waals surface area contributed by atoms with Gasteiger partial charge in [-0.15, -0.1) is 0 Å². The molecular weight excluding hydrogens is 503 g/mol. The number of likely N-dealkylation sites (tertiary alicyclic amines) is 1. The summed E-state index contributed by atoms with van der Waals surface area (Å²) in [6.45, 7) is 0.692. The highest BCUT2D eigenvalue weighted by Crippen LogP contribution is 2.40. The zero-order valence-electron chi connectivity index (χ0n) is 21.4. The molecule has 0 atom stereocenters. The van der Waals surface area contributed by atoms with Crippen LogP contribution in [-0.2, 0) is 11.2 Å². The minimum Gasteiger partial charge on any atom is -0.493 e. The molecule has 8 nitrogen and oxygen atoms in total. The number of alkyl halides is 3. The van der Waals surface area contributed by atoms with Crippen molar-refractivity contribution in [2.45, 2.75) is 31.4 Å². The van der Waals surface area contributed by atoms with E-state index in [1.54, 1.807) is 29.2 Å². The molecule has 0 unspecified atom stereocenters. The summed E-state index contributed by atoms with van der Waals surface area (Å²) < 4.78 is 51.7. The second-order valence-electron chi connectivity index (χ2n) is 9.44. The zero-order chi connectivity index (χ0) is 27.6. The topological polar surface area (TPSA) is 95.1 Å². The van der Waals surface area contributed by atoms with Crippen molar-refractivity contribution in [1.29, 1.82) is 0 Å². The number of hydrogen-bond acceptors (Lipinski definition) is 4. The quantitative estimate of drug-likeness (QED) is 0.431. The average molecular weight is 534 g/mol. The lowest BCUT2D eigenvalue weighted by molar-refractivity contribution is -0.132. The van der Waals surface area contributed by atoms with Crippen LogP contribution in [0.3, 0.4) is 0 Å². The van der Waals surface area contributed by atoms with Crippen LogP contribution < -0.4 is 9.47 Å². The van der Waals surface area contributed by atoms with Gasteiger partial charge in [0.15, 0.2) is 11.5 Å². The number of piperidine rings is 1. The Morgan fingerprint density at radius 1 is 1.08 bits per heavy atom. The molecule has 204 valence electrons. The highest BCUT2D eigenvalue weighted by Gasteiger charge is 2.32. The first kappa shape index (κ1) is 27.2. The van der Waals surface area contributed by atoms with Crippen molar-refractivity contribution >= 4 is 22.9 Å². The monoisotopic (exact) mass is 533 g/mol. The molecule has 38 heavy (non-hydrogen) atoms. The smallest absolute Gasteiger partial charge is 0.407 e. The Bertz CT molecular complexity index is 1330. The molecule has 0 radical (unpaired) electrons. The van der Waals surface area contributed by atoms with Crippen molar-refractivity contribution in [2.24, 2.45) is 0 Å². The van der Waals surface area contributed by atoms with E-state index < -0.39 is 18.7 Å². The number of carboxylic acid groups (broad SMARTS) is 1. The highest BCUT2D eigenvalue weighted by molar-refractivity contribution is 5.92. The van der Waals surface area contributed by atoms with E-state index >= 15 is 0 Å². The molecule has 11 heteroatoms. The maximum absolute atomic E-state index is 13.7. The van der Waals surface area contributed by atoms with Gasteiger partial charge < -0.3 is 29.4 Å². The first-order chi connectivity index (χ1) is 18.0. The lowest BCUT2D eigenvalue weighted by Crippen LogP contribution is -2.44. The summed E-state index contributed by atoms with van der Waals surface area (Å²) in [5.41, 5.74) is 2.60. The zero-order valence-corrected chi connectivity index (χ0v) is 21.4. The number of halogens is 3. The van der Waals surface area contributed by atoms with E-state index in [1.807, 2.05) is 12.1 Å². The van der Waals surface area contributed by atoms with Crippen LogP contribution in [-0.4, -0.2) is 79.0 Å². The number of likely N-dealkylation sites (N-methyl/N-ethyl adjacent to an activating group) is 1. The summed E-state index contributed by atoms with van der Waals surface area (Å²) in [6.07, 6.45) is -5.41. The van der Waals surface area contributed by atoms with E-state index in [9.17, 15) is 22.8 Å². The number of H-pyrrole nitrogens is 1. The predicted molar refractivity (Wildman–Crippen MR) is 136 cm³/mol. The molecule has 0 aliphatic carbocycles. The minimum absolute atomic E-state index is 0.0684. The second-order valence-corrected chi connectivity index (χ2v) is 9.44. The molecule has 1 aliphatic heterocycles. The number of methoxy groups -OCH3 is 2. The van der Waals surface area contributed by atoms with Crippen molar-refractivity contribution in [3.8, 4) is 22.8 Å². The number of fused-ring (bicyclic) bond motifs is 1. The second kappa shape index (κ2) is 10.8. The van der Waals surface area contributed by atoms with Crippen LogP contribution in [0.25, 0.3) is 22.2 Å². The number of rotatable bonds is 7. The molecule has 0 saturated carbocycles. The highest BCUT2D eigenvalue weighted by atomic mass is 19.4. The lowest BCUT2D eigenvalue weighted by atomic mass is 9.88. The number of ether oxygens (including phenoxy) is 2. The van der Waals surface area contributed by atoms with Gasteiger partial charge in [-0.25, -0.2) is 4.79 Å². The third-order valence-electron chi connectivity index (χ3n) is 7.00. The average Bonchev–Trinajstić information content (AvgIpc) is 3.24. The van der Waals surface area contributed by atoms with Crippen LogP contribution in [0.15, 0.2) is 36.4 Å². The summed E-state index contributed by atoms with van der Waals surface area (Å²) in [5.74, 6) is 0.699. The van der Waals surface area contributed by atoms with Crippen molar-refractivity contribution in [3.05, 3.63) is 47.5 Å². The SMILES string of the molecule is COc1ccc(-c2[nH]c3ccc(C4CCN(C(=O)CN(C)C(=O)O)CC4)cc3c2CC(F)(F)F)cc1OC. The van der Waals surface area contributed by atoms with Gasteiger partial charge in [0.05, 0.1) is 26.3 Å². The Hall–Kier alpha value is -3.89. The van der Waals surface area contributed by atoms with Crippen LogP contribution in [0.4, 0.5) is 18.0 Å². The molecular formula is C27H30F3N3O5. The van der Waals surface area contributed by atoms with E-state index in [0.717, 1.165) is 10.5 Å². The fraction of sp³-hybridized carbons (Fsp3) is 0.407. The molecule has 1 fully saturated rings. The predicted octanol–water partition coefficient (Wildman–Crippen LogP) is 5.27. The van der Waals surface area contributed by atoms with Gasteiger partial charge in [-0.3, -0.25) is 4.79 Å². The Morgan fingerprint density at radius 3 is 2.37 bits per heavy atom. The number of nitrogens with zero attached hydrogens (tertiary/aromatic N) is 2. The molecule has 0 spiro atoms. The largest absolute Gasteiger partial charge is 0.493 e. The Kier molecular flexibility index (Phi) is 7.75. The molecule has 3 aromatic rings. The van der Waals surface area contributed by atoms with Crippen molar-refractivity contribution in [3.63, 3.8) is 0 Å². The summed E-state index contributed by atoms with van der Waals surface area (Å²) in [7, 11) is 4.30. The summed E-state index contributed by atoms with van der Waals surface area (Å²) in [4.78, 5) is 29.2. The van der Waals surface area contributed by atoms with Crippen molar-refractivity contribution < 1.29 is 37.3 Å². The Balaban J connectivity index is 1.63. The fourth-order valence-corrected chi connectivity index (χ4v) is 4.97. The Morgan fingerprint density at radius 2 is 1.76 bits per heavy atom. The lowest BCUT2D eigenvalue weighted by Gasteiger charge is -2.33. The van der Waals surface area contributed by atoms with Gasteiger partial charge in [-0.05, 0) is 60.2 Å². The summed E-state index contributed by atoms with van der Waals surface area (Å²) in [6, 6.07) is 10.5. The van der Waals surface area contributed by atoms with Gasteiger partial charge in [-0.1, -0.05) is 6.07 Å². The third kappa shape index (κ3) is 5.81. The molecule has 2 heterocycles. The van der Waals surface area contributed by atoms with Crippen LogP contribution in [0.1, 0.15) is 29.9 Å². The minimum atomic E-state index is -4.41. The number of nitrogens with one attached hydrogen (secondary N) is 1. The van der Waals surface area contributed by atoms with Crippen molar-refractivity contribution in [2.75, 3.05) is 40.9 Å². The number of benzene rings is 2. The van der Waals surface area contributed by atoms with E-state index in [4.69, 9.17) is 14.6 Å². The molecule has 4 rings (SSSR count).